The van der Waals surface area contributed by atoms with Crippen LogP contribution in [0.15, 0.2) is 48.7 Å². The van der Waals surface area contributed by atoms with E-state index in [4.69, 9.17) is 25.1 Å². The fourth-order valence-corrected chi connectivity index (χ4v) is 3.64. The van der Waals surface area contributed by atoms with Crippen LogP contribution in [0.3, 0.4) is 0 Å². The van der Waals surface area contributed by atoms with Crippen LogP contribution < -0.4 is 25.3 Å². The van der Waals surface area contributed by atoms with Crippen molar-refractivity contribution in [2.45, 2.75) is 31.2 Å². The van der Waals surface area contributed by atoms with Gasteiger partial charge in [-0.05, 0) is 55.8 Å². The summed E-state index contributed by atoms with van der Waals surface area (Å²) in [5.74, 6) is -0.265. The summed E-state index contributed by atoms with van der Waals surface area (Å²) in [5.41, 5.74) is 1.43. The van der Waals surface area contributed by atoms with Gasteiger partial charge in [0.05, 0.1) is 38.8 Å². The highest BCUT2D eigenvalue weighted by atomic mass is 19.4. The van der Waals surface area contributed by atoms with Gasteiger partial charge >= 0.3 is 6.18 Å². The van der Waals surface area contributed by atoms with Crippen molar-refractivity contribution in [2.75, 3.05) is 34.0 Å². The van der Waals surface area contributed by atoms with E-state index in [-0.39, 0.29) is 41.5 Å². The Labute approximate surface area is 228 Å². The molecule has 1 unspecified atom stereocenters. The molecule has 0 fully saturated rings. The number of hydrogen-bond donors (Lipinski definition) is 4. The number of carbonyl (C=O) groups excluding carboxylic acids is 1. The summed E-state index contributed by atoms with van der Waals surface area (Å²) in [7, 11) is 2.74. The summed E-state index contributed by atoms with van der Waals surface area (Å²) in [4.78, 5) is 21.0. The van der Waals surface area contributed by atoms with E-state index in [9.17, 15) is 23.1 Å². The van der Waals surface area contributed by atoms with Crippen molar-refractivity contribution in [1.82, 2.24) is 15.3 Å². The van der Waals surface area contributed by atoms with Crippen molar-refractivity contribution in [2.24, 2.45) is 5.73 Å². The maximum Gasteiger partial charge on any atom is 0.424 e. The molecule has 40 heavy (non-hydrogen) atoms. The van der Waals surface area contributed by atoms with E-state index in [2.05, 4.69) is 15.3 Å². The average molecular weight is 565 g/mol. The zero-order valence-electron chi connectivity index (χ0n) is 22.4. The van der Waals surface area contributed by atoms with Gasteiger partial charge in [-0.25, -0.2) is 9.97 Å². The second-order valence-corrected chi connectivity index (χ2v) is 9.42. The number of aliphatic hydroxyl groups excluding tert-OH is 1. The third-order valence-electron chi connectivity index (χ3n) is 5.98. The van der Waals surface area contributed by atoms with Crippen LogP contribution in [0, 0.1) is 0 Å². The smallest absolute Gasteiger partial charge is 0.424 e. The molecule has 0 saturated carbocycles. The molecule has 0 bridgehead atoms. The summed E-state index contributed by atoms with van der Waals surface area (Å²) in [6.45, 7) is 1.66. The largest absolute Gasteiger partial charge is 0.493 e. The summed E-state index contributed by atoms with van der Waals surface area (Å²) >= 11 is 0. The van der Waals surface area contributed by atoms with Gasteiger partial charge in [-0.1, -0.05) is 0 Å². The number of alkyl halides is 3. The van der Waals surface area contributed by atoms with Crippen LogP contribution in [0.4, 0.5) is 13.2 Å². The predicted octanol–water partition coefficient (Wildman–Crippen LogP) is 2.91. The SMILES string of the molecule is COc1ccc(-c2cc(C(C)(C)N)cc(C(O)(CNC(=O)c3ccc(OCCO)c(OC)c3)C(F)(F)F)n2)cn1. The lowest BCUT2D eigenvalue weighted by molar-refractivity contribution is -0.265. The first kappa shape index (κ1) is 30.6. The molecule has 2 heterocycles. The number of pyridine rings is 2. The second-order valence-electron chi connectivity index (χ2n) is 9.42. The van der Waals surface area contributed by atoms with Gasteiger partial charge in [0.15, 0.2) is 11.5 Å². The quantitative estimate of drug-likeness (QED) is 0.276. The van der Waals surface area contributed by atoms with Gasteiger partial charge in [0, 0.05) is 28.9 Å². The van der Waals surface area contributed by atoms with E-state index >= 15 is 0 Å². The fourth-order valence-electron chi connectivity index (χ4n) is 3.64. The van der Waals surface area contributed by atoms with E-state index < -0.39 is 35.5 Å². The number of benzene rings is 1. The van der Waals surface area contributed by atoms with Crippen LogP contribution in [-0.4, -0.2) is 66.2 Å². The Kier molecular flexibility index (Phi) is 9.23. The van der Waals surface area contributed by atoms with E-state index in [1.54, 1.807) is 19.9 Å². The molecule has 216 valence electrons. The number of nitrogens with two attached hydrogens (primary N) is 1. The molecule has 1 atom stereocenters. The summed E-state index contributed by atoms with van der Waals surface area (Å²) in [6.07, 6.45) is -3.87. The summed E-state index contributed by atoms with van der Waals surface area (Å²) in [6, 6.07) is 9.60. The van der Waals surface area contributed by atoms with Crippen LogP contribution in [0.25, 0.3) is 11.3 Å². The molecule has 1 amide bonds. The highest BCUT2D eigenvalue weighted by Crippen LogP contribution is 2.40. The van der Waals surface area contributed by atoms with Gasteiger partial charge in [-0.2, -0.15) is 13.2 Å². The number of aliphatic hydroxyl groups is 2. The maximum atomic E-state index is 14.4. The summed E-state index contributed by atoms with van der Waals surface area (Å²) < 4.78 is 58.8. The number of amides is 1. The third kappa shape index (κ3) is 6.79. The number of nitrogens with zero attached hydrogens (tertiary/aromatic N) is 2. The van der Waals surface area contributed by atoms with Gasteiger partial charge in [-0.15, -0.1) is 0 Å². The Bertz CT molecular complexity index is 1330. The van der Waals surface area contributed by atoms with Gasteiger partial charge in [-0.3, -0.25) is 4.79 Å². The normalized spacial score (nSPS) is 13.3. The Hall–Kier alpha value is -3.94. The zero-order chi connectivity index (χ0) is 29.7. The number of rotatable bonds is 11. The third-order valence-corrected chi connectivity index (χ3v) is 5.98. The first-order valence-corrected chi connectivity index (χ1v) is 12.0. The molecule has 13 heteroatoms. The number of hydrogen-bond acceptors (Lipinski definition) is 9. The molecule has 0 aliphatic carbocycles. The molecule has 0 aliphatic heterocycles. The molecular formula is C27H31F3N4O6. The monoisotopic (exact) mass is 564 g/mol. The Morgan fingerprint density at radius 1 is 1.05 bits per heavy atom. The Morgan fingerprint density at radius 3 is 2.33 bits per heavy atom. The molecule has 2 aromatic heterocycles. The predicted molar refractivity (Wildman–Crippen MR) is 139 cm³/mol. The second kappa shape index (κ2) is 12.1. The molecule has 0 saturated heterocycles. The van der Waals surface area contributed by atoms with Crippen molar-refractivity contribution in [1.29, 1.82) is 0 Å². The first-order valence-electron chi connectivity index (χ1n) is 12.0. The van der Waals surface area contributed by atoms with Crippen molar-refractivity contribution in [3.8, 4) is 28.6 Å². The Morgan fingerprint density at radius 2 is 1.77 bits per heavy atom. The lowest BCUT2D eigenvalue weighted by atomic mass is 9.89. The van der Waals surface area contributed by atoms with E-state index in [1.807, 2.05) is 0 Å². The van der Waals surface area contributed by atoms with Gasteiger partial charge in [0.25, 0.3) is 5.91 Å². The minimum Gasteiger partial charge on any atom is -0.493 e. The van der Waals surface area contributed by atoms with Gasteiger partial charge in [0.1, 0.15) is 6.61 Å². The number of nitrogens with one attached hydrogen (secondary N) is 1. The molecule has 10 nitrogen and oxygen atoms in total. The fraction of sp³-hybridized carbons (Fsp3) is 0.370. The molecular weight excluding hydrogens is 533 g/mol. The van der Waals surface area contributed by atoms with Gasteiger partial charge < -0.3 is 35.5 Å². The van der Waals surface area contributed by atoms with Crippen molar-refractivity contribution < 1.29 is 42.4 Å². The standard InChI is InChI=1S/C27H31F3N4O6/c1-25(2,31)18-12-19(17-6-8-23(39-4)32-14-17)34-22(13-18)26(37,27(28,29)30)15-33-24(36)16-5-7-20(40-10-9-35)21(11-16)38-3/h5-8,11-14,35,37H,9-10,15,31H2,1-4H3,(H,33,36). The first-order chi connectivity index (χ1) is 18.7. The average Bonchev–Trinajstić information content (AvgIpc) is 2.93. The zero-order valence-corrected chi connectivity index (χ0v) is 22.4. The van der Waals surface area contributed by atoms with E-state index in [0.717, 1.165) is 6.07 Å². The van der Waals surface area contributed by atoms with Crippen LogP contribution in [0.1, 0.15) is 35.5 Å². The van der Waals surface area contributed by atoms with Crippen LogP contribution >= 0.6 is 0 Å². The van der Waals surface area contributed by atoms with Crippen LogP contribution in [0.2, 0.25) is 0 Å². The van der Waals surface area contributed by atoms with Crippen molar-refractivity contribution >= 4 is 5.91 Å². The number of aromatic nitrogens is 2. The molecule has 3 aromatic rings. The van der Waals surface area contributed by atoms with Crippen molar-refractivity contribution in [3.05, 3.63) is 65.5 Å². The maximum absolute atomic E-state index is 14.4. The molecule has 0 radical (unpaired) electrons. The molecule has 1 aromatic carbocycles. The minimum absolute atomic E-state index is 0.0270. The molecule has 5 N–H and O–H groups in total. The molecule has 3 rings (SSSR count). The Balaban J connectivity index is 2.00. The molecule has 0 spiro atoms. The van der Waals surface area contributed by atoms with Crippen molar-refractivity contribution in [3.63, 3.8) is 0 Å². The lowest BCUT2D eigenvalue weighted by Gasteiger charge is -2.32. The number of ether oxygens (including phenoxy) is 3. The number of methoxy groups -OCH3 is 2. The van der Waals surface area contributed by atoms with E-state index in [1.165, 1.54) is 50.7 Å². The molecule has 0 aliphatic rings. The van der Waals surface area contributed by atoms with Crippen LogP contribution in [-0.2, 0) is 11.1 Å². The number of halogens is 3. The highest BCUT2D eigenvalue weighted by Gasteiger charge is 2.56. The van der Waals surface area contributed by atoms with Gasteiger partial charge in [0.2, 0.25) is 11.5 Å². The van der Waals surface area contributed by atoms with Crippen LogP contribution in [0.5, 0.6) is 17.4 Å². The minimum atomic E-state index is -5.24. The highest BCUT2D eigenvalue weighted by molar-refractivity contribution is 5.95. The lowest BCUT2D eigenvalue weighted by Crippen LogP contribution is -2.51. The number of carbonyl (C=O) groups is 1. The summed E-state index contributed by atoms with van der Waals surface area (Å²) in [5, 5.41) is 22.1. The topological polar surface area (TPSA) is 149 Å². The van der Waals surface area contributed by atoms with E-state index in [0.29, 0.717) is 11.4 Å².